The van der Waals surface area contributed by atoms with Crippen LogP contribution in [0, 0.1) is 5.92 Å². The van der Waals surface area contributed by atoms with Gasteiger partial charge in [-0.15, -0.1) is 5.06 Å². The molecule has 2 heterocycles. The number of amides is 8. The SMILES string of the molecule is CC(C)[C@H](NC(=O)CCCCCCC(=O)ON1C(=O)CCC1=O)C(=O)N[C@@H](CCCNC(N)=O)C(=O)Nc1ccc(COC(=O)NCCSSc2ccccn2)cc1. The van der Waals surface area contributed by atoms with Gasteiger partial charge >= 0.3 is 18.1 Å². The van der Waals surface area contributed by atoms with E-state index in [-0.39, 0.29) is 57.1 Å². The van der Waals surface area contributed by atoms with Gasteiger partial charge in [0, 0.05) is 56.4 Å². The van der Waals surface area contributed by atoms with Crippen LogP contribution < -0.4 is 32.3 Å². The Balaban J connectivity index is 1.42. The summed E-state index contributed by atoms with van der Waals surface area (Å²) >= 11 is 0. The Kier molecular flexibility index (Phi) is 20.9. The number of carbonyl (C=O) groups excluding carboxylic acids is 8. The fourth-order valence-corrected chi connectivity index (χ4v) is 7.13. The zero-order chi connectivity index (χ0) is 42.3. The molecule has 18 nitrogen and oxygen atoms in total. The fourth-order valence-electron chi connectivity index (χ4n) is 5.35. The van der Waals surface area contributed by atoms with Crippen LogP contribution in [-0.4, -0.2) is 88.6 Å². The van der Waals surface area contributed by atoms with Gasteiger partial charge in [-0.25, -0.2) is 19.4 Å². The van der Waals surface area contributed by atoms with Crippen molar-refractivity contribution < 1.29 is 47.9 Å². The zero-order valence-corrected chi connectivity index (χ0v) is 34.3. The Bertz CT molecular complexity index is 1690. The summed E-state index contributed by atoms with van der Waals surface area (Å²) in [6.07, 6.45) is 3.93. The third kappa shape index (κ3) is 18.3. The molecule has 1 saturated heterocycles. The lowest BCUT2D eigenvalue weighted by atomic mass is 10.0. The van der Waals surface area contributed by atoms with E-state index in [0.29, 0.717) is 60.7 Å². The molecule has 0 saturated carbocycles. The second-order valence-corrected chi connectivity index (χ2v) is 15.9. The number of primary amides is 1. The van der Waals surface area contributed by atoms with E-state index in [4.69, 9.17) is 15.3 Å². The molecule has 3 rings (SSSR count). The molecule has 0 unspecified atom stereocenters. The van der Waals surface area contributed by atoms with Crippen molar-refractivity contribution in [1.29, 1.82) is 0 Å². The van der Waals surface area contributed by atoms with Crippen LogP contribution in [-0.2, 0) is 44.9 Å². The van der Waals surface area contributed by atoms with E-state index in [1.165, 1.54) is 10.8 Å². The number of hydroxylamine groups is 2. The van der Waals surface area contributed by atoms with E-state index in [9.17, 15) is 38.4 Å². The van der Waals surface area contributed by atoms with E-state index >= 15 is 0 Å². The van der Waals surface area contributed by atoms with Gasteiger partial charge in [-0.1, -0.05) is 55.7 Å². The Hall–Kier alpha value is -5.37. The van der Waals surface area contributed by atoms with Crippen LogP contribution >= 0.6 is 21.6 Å². The molecule has 0 spiro atoms. The number of alkyl carbamates (subject to hydrolysis) is 1. The molecule has 58 heavy (non-hydrogen) atoms. The van der Waals surface area contributed by atoms with Crippen molar-refractivity contribution in [3.8, 4) is 0 Å². The first-order valence-electron chi connectivity index (χ1n) is 19.0. The Morgan fingerprint density at radius 1 is 0.845 bits per heavy atom. The average Bonchev–Trinajstić information content (AvgIpc) is 3.51. The number of hydrogen-bond acceptors (Lipinski definition) is 13. The summed E-state index contributed by atoms with van der Waals surface area (Å²) in [5, 5.41) is 14.8. The van der Waals surface area contributed by atoms with Crippen LogP contribution in [0.3, 0.4) is 0 Å². The number of nitrogens with one attached hydrogen (secondary N) is 5. The number of nitrogens with two attached hydrogens (primary N) is 1. The number of anilines is 1. The standard InChI is InChI=1S/C38H52N8O10S2/c1-25(2)34(45-29(47)11-5-3-4-6-13-33(50)56-46-31(48)18-19-32(46)49)36(52)44-28(10-9-21-41-37(39)53)35(51)43-27-16-14-26(15-17-27)24-55-38(54)42-22-23-57-58-30-12-7-8-20-40-30/h7-8,12,14-17,20,25,28,34H,3-6,9-11,13,18-19,21-24H2,1-2H3,(H,42,54)(H,43,51)(H,44,52)(H,45,47)(H3,39,41,53)/t28-,34-/m0/s1. The van der Waals surface area contributed by atoms with Crippen molar-refractivity contribution in [2.75, 3.05) is 24.2 Å². The highest BCUT2D eigenvalue weighted by Crippen LogP contribution is 2.28. The van der Waals surface area contributed by atoms with Gasteiger partial charge in [0.25, 0.3) is 11.8 Å². The zero-order valence-electron chi connectivity index (χ0n) is 32.6. The molecule has 2 aromatic rings. The molecule has 1 aromatic carbocycles. The van der Waals surface area contributed by atoms with Crippen molar-refractivity contribution in [3.63, 3.8) is 0 Å². The van der Waals surface area contributed by atoms with Crippen LogP contribution in [0.5, 0.6) is 0 Å². The summed E-state index contributed by atoms with van der Waals surface area (Å²) in [7, 11) is 3.07. The van der Waals surface area contributed by atoms with E-state index in [1.54, 1.807) is 55.1 Å². The monoisotopic (exact) mass is 844 g/mol. The van der Waals surface area contributed by atoms with Gasteiger partial charge < -0.3 is 41.9 Å². The van der Waals surface area contributed by atoms with Gasteiger partial charge in [-0.3, -0.25) is 24.0 Å². The number of nitrogens with zero attached hydrogens (tertiary/aromatic N) is 2. The van der Waals surface area contributed by atoms with Crippen molar-refractivity contribution in [2.24, 2.45) is 11.7 Å². The number of hydrogen-bond donors (Lipinski definition) is 6. The number of carbonyl (C=O) groups is 8. The number of urea groups is 1. The topological polar surface area (TPSA) is 257 Å². The van der Waals surface area contributed by atoms with E-state index < -0.39 is 53.8 Å². The predicted octanol–water partition coefficient (Wildman–Crippen LogP) is 3.71. The average molecular weight is 845 g/mol. The van der Waals surface area contributed by atoms with Crippen molar-refractivity contribution in [3.05, 3.63) is 54.2 Å². The summed E-state index contributed by atoms with van der Waals surface area (Å²) in [5.41, 5.74) is 6.27. The smallest absolute Gasteiger partial charge is 0.407 e. The van der Waals surface area contributed by atoms with Crippen LogP contribution in [0.25, 0.3) is 0 Å². The molecule has 20 heteroatoms. The first kappa shape index (κ1) is 47.0. The van der Waals surface area contributed by atoms with Crippen LogP contribution in [0.4, 0.5) is 15.3 Å². The number of aromatic nitrogens is 1. The van der Waals surface area contributed by atoms with E-state index in [0.717, 1.165) is 5.03 Å². The van der Waals surface area contributed by atoms with Crippen LogP contribution in [0.2, 0.25) is 0 Å². The molecule has 1 aliphatic rings. The highest BCUT2D eigenvalue weighted by molar-refractivity contribution is 8.76. The number of unbranched alkanes of at least 4 members (excludes halogenated alkanes) is 3. The summed E-state index contributed by atoms with van der Waals surface area (Å²) in [6, 6.07) is 9.60. The minimum atomic E-state index is -1.03. The van der Waals surface area contributed by atoms with Crippen molar-refractivity contribution in [2.45, 2.75) is 102 Å². The number of rotatable bonds is 25. The van der Waals surface area contributed by atoms with Gasteiger partial charge in [0.15, 0.2) is 0 Å². The molecular weight excluding hydrogens is 793 g/mol. The molecule has 316 valence electrons. The lowest BCUT2D eigenvalue weighted by Gasteiger charge is -2.25. The molecule has 0 radical (unpaired) electrons. The minimum absolute atomic E-state index is 0.00720. The maximum atomic E-state index is 13.5. The predicted molar refractivity (Wildman–Crippen MR) is 216 cm³/mol. The molecule has 2 atom stereocenters. The number of imide groups is 1. The number of benzene rings is 1. The Morgan fingerprint density at radius 3 is 2.21 bits per heavy atom. The molecule has 0 bridgehead atoms. The first-order valence-corrected chi connectivity index (χ1v) is 21.3. The molecule has 7 N–H and O–H groups in total. The van der Waals surface area contributed by atoms with Crippen LogP contribution in [0.15, 0.2) is 53.7 Å². The first-order chi connectivity index (χ1) is 27.8. The van der Waals surface area contributed by atoms with Gasteiger partial charge in [-0.05, 0) is 72.2 Å². The second kappa shape index (κ2) is 25.8. The maximum absolute atomic E-state index is 13.5. The normalized spacial score (nSPS) is 13.3. The molecular formula is C38H52N8O10S2. The lowest BCUT2D eigenvalue weighted by molar-refractivity contribution is -0.197. The van der Waals surface area contributed by atoms with Crippen molar-refractivity contribution in [1.82, 2.24) is 31.3 Å². The quantitative estimate of drug-likeness (QED) is 0.0474. The number of pyridine rings is 1. The second-order valence-electron chi connectivity index (χ2n) is 13.5. The largest absolute Gasteiger partial charge is 0.445 e. The summed E-state index contributed by atoms with van der Waals surface area (Å²) in [4.78, 5) is 107. The summed E-state index contributed by atoms with van der Waals surface area (Å²) < 4.78 is 5.29. The Labute approximate surface area is 345 Å². The van der Waals surface area contributed by atoms with Gasteiger partial charge in [0.2, 0.25) is 17.7 Å². The van der Waals surface area contributed by atoms with E-state index in [2.05, 4.69) is 31.6 Å². The van der Waals surface area contributed by atoms with Gasteiger partial charge in [-0.2, -0.15) is 0 Å². The molecule has 1 aromatic heterocycles. The molecule has 0 aliphatic carbocycles. The summed E-state index contributed by atoms with van der Waals surface area (Å²) in [6.45, 7) is 4.11. The van der Waals surface area contributed by atoms with E-state index in [1.807, 2.05) is 18.2 Å². The third-order valence-corrected chi connectivity index (χ3v) is 10.7. The minimum Gasteiger partial charge on any atom is -0.445 e. The molecule has 8 amide bonds. The third-order valence-electron chi connectivity index (χ3n) is 8.43. The van der Waals surface area contributed by atoms with Crippen molar-refractivity contribution >= 4 is 74.9 Å². The maximum Gasteiger partial charge on any atom is 0.407 e. The van der Waals surface area contributed by atoms with Gasteiger partial charge in [0.1, 0.15) is 23.7 Å². The lowest BCUT2D eigenvalue weighted by Crippen LogP contribution is -2.54. The Morgan fingerprint density at radius 2 is 1.55 bits per heavy atom. The molecule has 1 fully saturated rings. The number of ether oxygens (including phenoxy) is 1. The highest BCUT2D eigenvalue weighted by atomic mass is 33.1. The summed E-state index contributed by atoms with van der Waals surface area (Å²) in [5.74, 6) is -2.87. The highest BCUT2D eigenvalue weighted by Gasteiger charge is 2.33. The molecule has 1 aliphatic heterocycles. The van der Waals surface area contributed by atoms with Gasteiger partial charge in [0.05, 0.1) is 0 Å². The van der Waals surface area contributed by atoms with Crippen LogP contribution in [0.1, 0.15) is 83.6 Å². The fraction of sp³-hybridized carbons (Fsp3) is 0.500.